The van der Waals surface area contributed by atoms with Gasteiger partial charge in [0.1, 0.15) is 11.0 Å². The fourth-order valence-corrected chi connectivity index (χ4v) is 6.58. The lowest BCUT2D eigenvalue weighted by Gasteiger charge is -2.08. The number of hydrogen-bond acceptors (Lipinski definition) is 3. The monoisotopic (exact) mass is 494 g/mol. The Labute approximate surface area is 217 Å². The number of para-hydroxylation sites is 2. The molecule has 3 heterocycles. The van der Waals surface area contributed by atoms with Gasteiger partial charge >= 0.3 is 0 Å². The van der Waals surface area contributed by atoms with Crippen molar-refractivity contribution < 1.29 is 0 Å². The minimum Gasteiger partial charge on any atom is -0.344 e. The van der Waals surface area contributed by atoms with Gasteiger partial charge in [-0.3, -0.25) is 0 Å². The molecule has 0 atom stereocenters. The second-order valence-corrected chi connectivity index (χ2v) is 10.3. The first kappa shape index (κ1) is 20.7. The zero-order chi connectivity index (χ0) is 24.7. The summed E-state index contributed by atoms with van der Waals surface area (Å²) in [5.41, 5.74) is 11.4. The Balaban J connectivity index is 1.33. The van der Waals surface area contributed by atoms with E-state index in [0.29, 0.717) is 0 Å². The molecule has 0 saturated heterocycles. The maximum Gasteiger partial charge on any atom is 0.113 e. The van der Waals surface area contributed by atoms with Crippen LogP contribution in [0.1, 0.15) is 0 Å². The summed E-state index contributed by atoms with van der Waals surface area (Å²) in [5, 5.41) is 5.07. The molecule has 0 saturated carbocycles. The number of benzene rings is 5. The van der Waals surface area contributed by atoms with Gasteiger partial charge in [0, 0.05) is 68.8 Å². The van der Waals surface area contributed by atoms with E-state index in [-0.39, 0.29) is 0 Å². The topological polar surface area (TPSA) is 35.6 Å². The molecule has 0 radical (unpaired) electrons. The van der Waals surface area contributed by atoms with E-state index >= 15 is 0 Å². The van der Waals surface area contributed by atoms with Crippen LogP contribution in [0.3, 0.4) is 0 Å². The number of aromatic nitrogens is 4. The van der Waals surface area contributed by atoms with Gasteiger partial charge in [-0.05, 0) is 47.5 Å². The standard InChI is InChI=1S/C32H22N4S/c1-35-27-9-5-3-7-23(27)25-17-19(11-15-29(25)35)21-13-14-22(32-31(21)33-37-34-32)20-12-16-30-26(18-20)24-8-4-6-10-28(24)36(30)2/h3-18H,1-2H3. The third-order valence-electron chi connectivity index (χ3n) is 7.86. The molecule has 4 nitrogen and oxygen atoms in total. The summed E-state index contributed by atoms with van der Waals surface area (Å²) in [7, 11) is 4.27. The lowest BCUT2D eigenvalue weighted by molar-refractivity contribution is 1.01. The molecule has 3 aromatic heterocycles. The van der Waals surface area contributed by atoms with Gasteiger partial charge in [-0.25, -0.2) is 0 Å². The van der Waals surface area contributed by atoms with Crippen LogP contribution in [-0.4, -0.2) is 17.9 Å². The number of fused-ring (bicyclic) bond motifs is 7. The molecule has 0 bridgehead atoms. The summed E-state index contributed by atoms with van der Waals surface area (Å²) < 4.78 is 14.1. The van der Waals surface area contributed by atoms with Gasteiger partial charge in [0.25, 0.3) is 0 Å². The van der Waals surface area contributed by atoms with Crippen LogP contribution in [0.4, 0.5) is 0 Å². The Bertz CT molecular complexity index is 2020. The minimum absolute atomic E-state index is 0.958. The molecule has 0 spiro atoms. The van der Waals surface area contributed by atoms with Crippen molar-refractivity contribution in [2.24, 2.45) is 14.1 Å². The second-order valence-electron chi connectivity index (χ2n) is 9.74. The Morgan fingerprint density at radius 3 is 1.41 bits per heavy atom. The summed E-state index contributed by atoms with van der Waals surface area (Å²) in [5.74, 6) is 0. The third kappa shape index (κ3) is 2.83. The highest BCUT2D eigenvalue weighted by Gasteiger charge is 2.17. The molecule has 0 aliphatic heterocycles. The molecular weight excluding hydrogens is 472 g/mol. The number of aryl methyl sites for hydroxylation is 2. The van der Waals surface area contributed by atoms with Crippen molar-refractivity contribution in [2.45, 2.75) is 0 Å². The first-order valence-corrected chi connectivity index (χ1v) is 13.1. The van der Waals surface area contributed by atoms with Crippen molar-refractivity contribution in [2.75, 3.05) is 0 Å². The summed E-state index contributed by atoms with van der Waals surface area (Å²) >= 11 is 1.28. The highest BCUT2D eigenvalue weighted by Crippen LogP contribution is 2.39. The van der Waals surface area contributed by atoms with Gasteiger partial charge in [-0.2, -0.15) is 8.75 Å². The van der Waals surface area contributed by atoms with Crippen LogP contribution >= 0.6 is 11.7 Å². The van der Waals surface area contributed by atoms with Gasteiger partial charge in [-0.15, -0.1) is 0 Å². The van der Waals surface area contributed by atoms with E-state index in [1.165, 1.54) is 55.3 Å². The average molecular weight is 495 g/mol. The van der Waals surface area contributed by atoms with Gasteiger partial charge in [0.15, 0.2) is 0 Å². The van der Waals surface area contributed by atoms with Crippen molar-refractivity contribution in [3.8, 4) is 22.3 Å². The minimum atomic E-state index is 0.958. The molecule has 0 fully saturated rings. The average Bonchev–Trinajstić information content (AvgIpc) is 3.63. The van der Waals surface area contributed by atoms with Gasteiger partial charge in [0.05, 0.1) is 11.7 Å². The molecule has 0 N–H and O–H groups in total. The quantitative estimate of drug-likeness (QED) is 0.242. The van der Waals surface area contributed by atoms with Gasteiger partial charge in [-0.1, -0.05) is 60.7 Å². The molecular formula is C32H22N4S. The predicted octanol–water partition coefficient (Wildman–Crippen LogP) is 8.32. The molecule has 0 aliphatic rings. The summed E-state index contributed by atoms with van der Waals surface area (Å²) in [6.07, 6.45) is 0. The Hall–Kier alpha value is -4.48. The van der Waals surface area contributed by atoms with Crippen LogP contribution in [0, 0.1) is 0 Å². The van der Waals surface area contributed by atoms with E-state index in [9.17, 15) is 0 Å². The molecule has 0 aliphatic carbocycles. The van der Waals surface area contributed by atoms with Crippen LogP contribution in [0.25, 0.3) is 76.9 Å². The summed E-state index contributed by atoms with van der Waals surface area (Å²) in [6.45, 7) is 0. The van der Waals surface area contributed by atoms with Crippen molar-refractivity contribution in [1.82, 2.24) is 17.9 Å². The Morgan fingerprint density at radius 2 is 0.919 bits per heavy atom. The van der Waals surface area contributed by atoms with Crippen LogP contribution in [0.5, 0.6) is 0 Å². The fraction of sp³-hybridized carbons (Fsp3) is 0.0625. The van der Waals surface area contributed by atoms with E-state index in [1.54, 1.807) is 0 Å². The van der Waals surface area contributed by atoms with Crippen LogP contribution < -0.4 is 0 Å². The largest absolute Gasteiger partial charge is 0.344 e. The Kier molecular flexibility index (Phi) is 4.20. The van der Waals surface area contributed by atoms with E-state index in [0.717, 1.165) is 33.3 Å². The van der Waals surface area contributed by atoms with Crippen molar-refractivity contribution in [1.29, 1.82) is 0 Å². The summed E-state index contributed by atoms with van der Waals surface area (Å²) in [6, 6.07) is 35.0. The molecule has 0 unspecified atom stereocenters. The lowest BCUT2D eigenvalue weighted by Crippen LogP contribution is -1.88. The maximum atomic E-state index is 4.77. The number of rotatable bonds is 2. The van der Waals surface area contributed by atoms with E-state index in [4.69, 9.17) is 8.75 Å². The Morgan fingerprint density at radius 1 is 0.486 bits per heavy atom. The first-order chi connectivity index (χ1) is 18.2. The molecule has 176 valence electrons. The zero-order valence-electron chi connectivity index (χ0n) is 20.4. The van der Waals surface area contributed by atoms with Crippen LogP contribution in [0.15, 0.2) is 97.1 Å². The van der Waals surface area contributed by atoms with Crippen molar-refractivity contribution in [3.05, 3.63) is 97.1 Å². The highest BCUT2D eigenvalue weighted by molar-refractivity contribution is 7.00. The van der Waals surface area contributed by atoms with E-state index in [2.05, 4.69) is 120 Å². The molecule has 8 aromatic rings. The molecule has 5 aromatic carbocycles. The number of hydrogen-bond donors (Lipinski definition) is 0. The SMILES string of the molecule is Cn1c2ccccc2c2cc(-c3ccc(-c4ccc5c(c4)c4ccccc4n5C)c4nsnc34)ccc21. The van der Waals surface area contributed by atoms with E-state index in [1.807, 2.05) is 0 Å². The van der Waals surface area contributed by atoms with Crippen LogP contribution in [-0.2, 0) is 14.1 Å². The van der Waals surface area contributed by atoms with Crippen molar-refractivity contribution >= 4 is 66.4 Å². The zero-order valence-corrected chi connectivity index (χ0v) is 21.3. The number of nitrogens with zero attached hydrogens (tertiary/aromatic N) is 4. The van der Waals surface area contributed by atoms with Gasteiger partial charge in [0.2, 0.25) is 0 Å². The maximum absolute atomic E-state index is 4.77. The third-order valence-corrected chi connectivity index (χ3v) is 8.39. The normalized spacial score (nSPS) is 12.1. The van der Waals surface area contributed by atoms with E-state index < -0.39 is 0 Å². The predicted molar refractivity (Wildman–Crippen MR) is 156 cm³/mol. The molecule has 37 heavy (non-hydrogen) atoms. The molecule has 5 heteroatoms. The van der Waals surface area contributed by atoms with Crippen molar-refractivity contribution in [3.63, 3.8) is 0 Å². The summed E-state index contributed by atoms with van der Waals surface area (Å²) in [4.78, 5) is 0. The second kappa shape index (κ2) is 7.51. The first-order valence-electron chi connectivity index (χ1n) is 12.4. The molecule has 0 amide bonds. The fourth-order valence-electron chi connectivity index (χ4n) is 6.00. The van der Waals surface area contributed by atoms with Gasteiger partial charge < -0.3 is 9.13 Å². The highest BCUT2D eigenvalue weighted by atomic mass is 32.1. The lowest BCUT2D eigenvalue weighted by atomic mass is 9.96. The van der Waals surface area contributed by atoms with Crippen LogP contribution in [0.2, 0.25) is 0 Å². The molecule has 8 rings (SSSR count). The smallest absolute Gasteiger partial charge is 0.113 e.